The fourth-order valence-electron chi connectivity index (χ4n) is 4.63. The van der Waals surface area contributed by atoms with Crippen molar-refractivity contribution >= 4 is 21.6 Å². The van der Waals surface area contributed by atoms with Crippen LogP contribution in [0.1, 0.15) is 65.2 Å². The first kappa shape index (κ1) is 25.5. The van der Waals surface area contributed by atoms with Gasteiger partial charge >= 0.3 is 0 Å². The van der Waals surface area contributed by atoms with Crippen molar-refractivity contribution in [3.8, 4) is 18.1 Å². The summed E-state index contributed by atoms with van der Waals surface area (Å²) in [5.41, 5.74) is 0.371. The van der Waals surface area contributed by atoms with Crippen LogP contribution in [0.25, 0.3) is 0 Å². The van der Waals surface area contributed by atoms with E-state index >= 15 is 0 Å². The predicted molar refractivity (Wildman–Crippen MR) is 131 cm³/mol. The highest BCUT2D eigenvalue weighted by Gasteiger charge is 2.28. The van der Waals surface area contributed by atoms with Crippen molar-refractivity contribution in [2.24, 2.45) is 0 Å². The summed E-state index contributed by atoms with van der Waals surface area (Å²) in [5, 5.41) is 2.90. The first-order valence-electron chi connectivity index (χ1n) is 12.1. The Morgan fingerprint density at radius 1 is 1.18 bits per heavy atom. The molecule has 1 aliphatic heterocycles. The average Bonchev–Trinajstić information content (AvgIpc) is 2.80. The molecule has 182 valence electrons. The van der Waals surface area contributed by atoms with Crippen LogP contribution in [-0.4, -0.2) is 61.9 Å². The molecule has 1 N–H and O–H groups in total. The van der Waals surface area contributed by atoms with Crippen LogP contribution in [-0.2, 0) is 14.8 Å². The maximum absolute atomic E-state index is 13.2. The molecule has 33 heavy (non-hydrogen) atoms. The molecule has 1 aliphatic carbocycles. The number of nitrogens with zero attached hydrogens (tertiary/aromatic N) is 2. The van der Waals surface area contributed by atoms with Gasteiger partial charge in [0.25, 0.3) is 0 Å². The Morgan fingerprint density at radius 3 is 2.48 bits per heavy atom. The Balaban J connectivity index is 1.80. The lowest BCUT2D eigenvalue weighted by Gasteiger charge is -2.32. The van der Waals surface area contributed by atoms with Crippen molar-refractivity contribution in [2.75, 3.05) is 31.5 Å². The number of hydrogen-bond acceptors (Lipinski definition) is 5. The first-order valence-corrected chi connectivity index (χ1v) is 13.5. The second-order valence-electron chi connectivity index (χ2n) is 9.24. The van der Waals surface area contributed by atoms with Crippen molar-refractivity contribution in [3.63, 3.8) is 0 Å². The zero-order valence-corrected chi connectivity index (χ0v) is 20.7. The van der Waals surface area contributed by atoms with E-state index in [0.29, 0.717) is 37.1 Å². The van der Waals surface area contributed by atoms with Crippen molar-refractivity contribution in [2.45, 2.75) is 82.3 Å². The third kappa shape index (κ3) is 6.95. The number of hydrogen-bond donors (Lipinski definition) is 1. The van der Waals surface area contributed by atoms with Gasteiger partial charge in [0, 0.05) is 19.1 Å². The molecule has 0 spiro atoms. The van der Waals surface area contributed by atoms with Crippen LogP contribution in [0.5, 0.6) is 5.75 Å². The third-order valence-electron chi connectivity index (χ3n) is 6.27. The number of benzene rings is 1. The number of rotatable bonds is 9. The minimum atomic E-state index is -3.62. The Kier molecular flexibility index (Phi) is 9.19. The first-order chi connectivity index (χ1) is 15.8. The molecule has 0 unspecified atom stereocenters. The van der Waals surface area contributed by atoms with Gasteiger partial charge in [-0.2, -0.15) is 4.31 Å². The molecular weight excluding hydrogens is 438 g/mol. The van der Waals surface area contributed by atoms with E-state index < -0.39 is 10.0 Å². The van der Waals surface area contributed by atoms with E-state index in [4.69, 9.17) is 11.2 Å². The predicted octanol–water partition coefficient (Wildman–Crippen LogP) is 3.85. The fourth-order valence-corrected chi connectivity index (χ4v) is 6.17. The number of piperidine rings is 1. The summed E-state index contributed by atoms with van der Waals surface area (Å²) in [5.74, 6) is 2.90. The number of nitrogens with one attached hydrogen (secondary N) is 1. The highest BCUT2D eigenvalue weighted by atomic mass is 32.2. The van der Waals surface area contributed by atoms with Crippen LogP contribution in [0.4, 0.5) is 5.69 Å². The molecule has 1 saturated heterocycles. The van der Waals surface area contributed by atoms with Gasteiger partial charge in [0.15, 0.2) is 0 Å². The van der Waals surface area contributed by atoms with Crippen LogP contribution in [0.3, 0.4) is 0 Å². The summed E-state index contributed by atoms with van der Waals surface area (Å²) in [6.07, 6.45) is 13.8. The van der Waals surface area contributed by atoms with Gasteiger partial charge in [-0.25, -0.2) is 8.42 Å². The molecule has 0 bridgehead atoms. The highest BCUT2D eigenvalue weighted by Crippen LogP contribution is 2.31. The molecule has 3 rings (SSSR count). The SMILES string of the molecule is C#CCN(CC(=O)Nc1cc(S(=O)(=O)N2CCCCC2)ccc1OC(C)C)C1CCCCC1. The van der Waals surface area contributed by atoms with Gasteiger partial charge < -0.3 is 10.1 Å². The Morgan fingerprint density at radius 2 is 1.85 bits per heavy atom. The summed E-state index contributed by atoms with van der Waals surface area (Å²) in [6.45, 7) is 5.41. The number of amides is 1. The maximum Gasteiger partial charge on any atom is 0.243 e. The molecule has 1 amide bonds. The molecule has 0 atom stereocenters. The number of sulfonamides is 1. The van der Waals surface area contributed by atoms with Crippen molar-refractivity contribution < 1.29 is 17.9 Å². The topological polar surface area (TPSA) is 79.0 Å². The van der Waals surface area contributed by atoms with Gasteiger partial charge in [0.1, 0.15) is 5.75 Å². The van der Waals surface area contributed by atoms with E-state index in [2.05, 4.69) is 11.2 Å². The van der Waals surface area contributed by atoms with E-state index in [1.54, 1.807) is 12.1 Å². The summed E-state index contributed by atoms with van der Waals surface area (Å²) in [4.78, 5) is 15.2. The summed E-state index contributed by atoms with van der Waals surface area (Å²) in [7, 11) is -3.62. The maximum atomic E-state index is 13.2. The molecule has 8 heteroatoms. The van der Waals surface area contributed by atoms with E-state index in [1.165, 1.54) is 16.8 Å². The van der Waals surface area contributed by atoms with Gasteiger partial charge in [-0.15, -0.1) is 6.42 Å². The van der Waals surface area contributed by atoms with Gasteiger partial charge in [-0.3, -0.25) is 9.69 Å². The average molecular weight is 476 g/mol. The Bertz CT molecular complexity index is 943. The number of ether oxygens (including phenoxy) is 1. The van der Waals surface area contributed by atoms with Gasteiger partial charge in [-0.1, -0.05) is 31.6 Å². The lowest BCUT2D eigenvalue weighted by molar-refractivity contribution is -0.117. The third-order valence-corrected chi connectivity index (χ3v) is 8.17. The lowest BCUT2D eigenvalue weighted by Crippen LogP contribution is -2.42. The monoisotopic (exact) mass is 475 g/mol. The Hall–Kier alpha value is -2.08. The van der Waals surface area contributed by atoms with Crippen LogP contribution in [0, 0.1) is 12.3 Å². The summed E-state index contributed by atoms with van der Waals surface area (Å²) in [6, 6.07) is 5.01. The lowest BCUT2D eigenvalue weighted by atomic mass is 9.94. The number of terminal acetylenes is 1. The highest BCUT2D eigenvalue weighted by molar-refractivity contribution is 7.89. The van der Waals surface area contributed by atoms with Crippen molar-refractivity contribution in [3.05, 3.63) is 18.2 Å². The molecule has 1 saturated carbocycles. The molecular formula is C25H37N3O4S. The van der Waals surface area contributed by atoms with Gasteiger partial charge in [-0.05, 0) is 57.7 Å². The van der Waals surface area contributed by atoms with Crippen molar-refractivity contribution in [1.82, 2.24) is 9.21 Å². The van der Waals surface area contributed by atoms with Crippen LogP contribution in [0.2, 0.25) is 0 Å². The molecule has 2 aliphatic rings. The summed E-state index contributed by atoms with van der Waals surface area (Å²) < 4.78 is 33.7. The van der Waals surface area contributed by atoms with Gasteiger partial charge in [0.05, 0.1) is 29.8 Å². The van der Waals surface area contributed by atoms with Crippen LogP contribution < -0.4 is 10.1 Å². The second-order valence-corrected chi connectivity index (χ2v) is 11.2. The van der Waals surface area contributed by atoms with Crippen molar-refractivity contribution in [1.29, 1.82) is 0 Å². The van der Waals surface area contributed by atoms with Gasteiger partial charge in [0.2, 0.25) is 15.9 Å². The standard InChI is InChI=1S/C25H37N3O4S/c1-4-15-27(21-11-7-5-8-12-21)19-25(29)26-23-18-22(13-14-24(23)32-20(2)3)33(30,31)28-16-9-6-10-17-28/h1,13-14,18,20-21H,5-12,15-17,19H2,2-3H3,(H,26,29). The number of anilines is 1. The molecule has 0 aromatic heterocycles. The molecule has 1 aromatic carbocycles. The van der Waals surface area contributed by atoms with E-state index in [-0.39, 0.29) is 23.5 Å². The Labute approximate surface area is 198 Å². The van der Waals surface area contributed by atoms with Crippen LogP contribution >= 0.6 is 0 Å². The molecule has 7 nitrogen and oxygen atoms in total. The van der Waals surface area contributed by atoms with E-state index in [1.807, 2.05) is 18.7 Å². The summed E-state index contributed by atoms with van der Waals surface area (Å²) >= 11 is 0. The zero-order valence-electron chi connectivity index (χ0n) is 19.9. The zero-order chi connectivity index (χ0) is 23.8. The molecule has 0 radical (unpaired) electrons. The smallest absolute Gasteiger partial charge is 0.243 e. The fraction of sp³-hybridized carbons (Fsp3) is 0.640. The molecule has 2 fully saturated rings. The molecule has 1 heterocycles. The second kappa shape index (κ2) is 11.9. The normalized spacial score (nSPS) is 18.3. The minimum absolute atomic E-state index is 0.120. The van der Waals surface area contributed by atoms with E-state index in [9.17, 15) is 13.2 Å². The minimum Gasteiger partial charge on any atom is -0.489 e. The number of carbonyl (C=O) groups excluding carboxylic acids is 1. The quantitative estimate of drug-likeness (QED) is 0.549. The molecule has 1 aromatic rings. The number of carbonyl (C=O) groups is 1. The largest absolute Gasteiger partial charge is 0.489 e. The van der Waals surface area contributed by atoms with E-state index in [0.717, 1.165) is 44.9 Å². The van der Waals surface area contributed by atoms with Crippen LogP contribution in [0.15, 0.2) is 23.1 Å².